The molecule has 0 unspecified atom stereocenters. The minimum absolute atomic E-state index is 0.241. The normalized spacial score (nSPS) is 15.2. The number of carbonyl (C=O) groups excluding carboxylic acids is 1. The molecule has 1 aromatic carbocycles. The van der Waals surface area contributed by atoms with Gasteiger partial charge in [0.05, 0.1) is 12.8 Å². The number of hydrogen-bond acceptors (Lipinski definition) is 5. The molecular weight excluding hydrogens is 412 g/mol. The molecule has 2 aromatic heterocycles. The monoisotopic (exact) mass is 428 g/mol. The third kappa shape index (κ3) is 4.21. The second-order valence-electron chi connectivity index (χ2n) is 6.41. The number of amides is 1. The fraction of sp³-hybridized carbons (Fsp3) is 0.143. The Kier molecular flexibility index (Phi) is 5.42. The first kappa shape index (κ1) is 19.3. The molecule has 1 N–H and O–H groups in total. The average molecular weight is 429 g/mol. The molecule has 1 aliphatic rings. The van der Waals surface area contributed by atoms with Crippen LogP contribution in [0, 0.1) is 6.92 Å². The van der Waals surface area contributed by atoms with Crippen molar-refractivity contribution in [2.24, 2.45) is 0 Å². The van der Waals surface area contributed by atoms with Gasteiger partial charge in [-0.2, -0.15) is 0 Å². The molecule has 8 heteroatoms. The molecule has 29 heavy (non-hydrogen) atoms. The van der Waals surface area contributed by atoms with Crippen molar-refractivity contribution in [3.8, 4) is 5.75 Å². The Bertz CT molecular complexity index is 1090. The summed E-state index contributed by atoms with van der Waals surface area (Å²) in [6, 6.07) is 12.6. The predicted molar refractivity (Wildman–Crippen MR) is 112 cm³/mol. The Morgan fingerprint density at radius 3 is 2.86 bits per heavy atom. The summed E-state index contributed by atoms with van der Waals surface area (Å²) in [4.78, 5) is 14.1. The second-order valence-corrected chi connectivity index (χ2v) is 7.21. The van der Waals surface area contributed by atoms with Crippen molar-refractivity contribution in [2.75, 3.05) is 0 Å². The highest BCUT2D eigenvalue weighted by Crippen LogP contribution is 2.26. The molecule has 0 spiro atoms. The predicted octanol–water partition coefficient (Wildman–Crippen LogP) is 4.67. The van der Waals surface area contributed by atoms with Gasteiger partial charge in [0.1, 0.15) is 35.3 Å². The molecule has 6 nitrogen and oxygen atoms in total. The summed E-state index contributed by atoms with van der Waals surface area (Å²) in [5.74, 6) is 2.25. The third-order valence-corrected chi connectivity index (χ3v) is 5.15. The van der Waals surface area contributed by atoms with Gasteiger partial charge < -0.3 is 18.9 Å². The number of furan rings is 2. The second kappa shape index (κ2) is 8.14. The number of ether oxygens (including phenoxy) is 1. The Balaban J connectivity index is 1.43. The number of thiocarbonyl (C=S) groups is 1. The summed E-state index contributed by atoms with van der Waals surface area (Å²) in [5.41, 5.74) is 1.21. The quantitative estimate of drug-likeness (QED) is 0.454. The zero-order chi connectivity index (χ0) is 20.4. The minimum Gasteiger partial charge on any atom is -0.485 e. The first-order valence-electron chi connectivity index (χ1n) is 8.85. The van der Waals surface area contributed by atoms with E-state index >= 15 is 0 Å². The van der Waals surface area contributed by atoms with Crippen molar-refractivity contribution in [1.82, 2.24) is 10.2 Å². The summed E-state index contributed by atoms with van der Waals surface area (Å²) >= 11 is 11.4. The van der Waals surface area contributed by atoms with Crippen LogP contribution >= 0.6 is 23.8 Å². The lowest BCUT2D eigenvalue weighted by atomic mass is 10.2. The van der Waals surface area contributed by atoms with Gasteiger partial charge in [-0.15, -0.1) is 0 Å². The van der Waals surface area contributed by atoms with Crippen LogP contribution in [0.4, 0.5) is 0 Å². The Morgan fingerprint density at radius 2 is 2.07 bits per heavy atom. The van der Waals surface area contributed by atoms with E-state index in [2.05, 4.69) is 5.32 Å². The van der Waals surface area contributed by atoms with E-state index in [1.54, 1.807) is 36.6 Å². The maximum absolute atomic E-state index is 12.6. The molecule has 1 amide bonds. The van der Waals surface area contributed by atoms with E-state index in [-0.39, 0.29) is 19.1 Å². The van der Waals surface area contributed by atoms with Gasteiger partial charge in [-0.25, -0.2) is 0 Å². The Hall–Kier alpha value is -3.03. The van der Waals surface area contributed by atoms with Crippen LogP contribution in [-0.4, -0.2) is 15.9 Å². The Labute approximate surface area is 177 Å². The van der Waals surface area contributed by atoms with Crippen LogP contribution in [0.25, 0.3) is 6.08 Å². The molecule has 3 heterocycles. The number of rotatable bonds is 6. The van der Waals surface area contributed by atoms with Crippen molar-refractivity contribution < 1.29 is 18.4 Å². The number of benzene rings is 1. The van der Waals surface area contributed by atoms with Crippen LogP contribution in [-0.2, 0) is 17.9 Å². The first-order chi connectivity index (χ1) is 14.0. The fourth-order valence-electron chi connectivity index (χ4n) is 2.86. The molecule has 1 aliphatic heterocycles. The van der Waals surface area contributed by atoms with Gasteiger partial charge >= 0.3 is 0 Å². The summed E-state index contributed by atoms with van der Waals surface area (Å²) in [6.45, 7) is 2.41. The zero-order valence-corrected chi connectivity index (χ0v) is 17.0. The maximum Gasteiger partial charge on any atom is 0.277 e. The van der Waals surface area contributed by atoms with Crippen LogP contribution in [0.3, 0.4) is 0 Å². The van der Waals surface area contributed by atoms with E-state index in [9.17, 15) is 4.79 Å². The van der Waals surface area contributed by atoms with E-state index < -0.39 is 0 Å². The highest BCUT2D eigenvalue weighted by Gasteiger charge is 2.31. The molecule has 3 aromatic rings. The average Bonchev–Trinajstić information content (AvgIpc) is 3.42. The zero-order valence-electron chi connectivity index (χ0n) is 15.5. The molecule has 0 bridgehead atoms. The lowest BCUT2D eigenvalue weighted by molar-refractivity contribution is -0.122. The molecule has 1 saturated heterocycles. The molecule has 0 atom stereocenters. The maximum atomic E-state index is 12.6. The molecule has 1 fully saturated rings. The van der Waals surface area contributed by atoms with E-state index in [4.69, 9.17) is 37.4 Å². The van der Waals surface area contributed by atoms with Crippen molar-refractivity contribution in [2.45, 2.75) is 20.1 Å². The SMILES string of the molecule is Cc1c(Cl)cccc1OCc1ccc(/C=C2/NC(=S)N(Cc3ccco3)C2=O)o1. The van der Waals surface area contributed by atoms with Crippen molar-refractivity contribution in [3.05, 3.63) is 82.3 Å². The highest BCUT2D eigenvalue weighted by molar-refractivity contribution is 7.80. The molecular formula is C21H17ClN2O4S. The molecule has 0 saturated carbocycles. The van der Waals surface area contributed by atoms with E-state index in [0.29, 0.717) is 38.9 Å². The molecule has 0 radical (unpaired) electrons. The number of carbonyl (C=O) groups is 1. The van der Waals surface area contributed by atoms with Gasteiger partial charge in [0.2, 0.25) is 0 Å². The summed E-state index contributed by atoms with van der Waals surface area (Å²) in [6.07, 6.45) is 3.17. The first-order valence-corrected chi connectivity index (χ1v) is 9.63. The van der Waals surface area contributed by atoms with E-state index in [1.165, 1.54) is 4.90 Å². The van der Waals surface area contributed by atoms with Crippen LogP contribution in [0.5, 0.6) is 5.75 Å². The standard InChI is InChI=1S/C21H17ClN2O4S/c1-13-17(22)5-2-6-19(13)27-12-16-8-7-14(28-16)10-18-20(25)24(21(29)23-18)11-15-4-3-9-26-15/h2-10H,11-12H2,1H3,(H,23,29)/b18-10+. The van der Waals surface area contributed by atoms with Crippen molar-refractivity contribution >= 4 is 40.9 Å². The molecule has 4 rings (SSSR count). The number of nitrogens with one attached hydrogen (secondary N) is 1. The third-order valence-electron chi connectivity index (χ3n) is 4.41. The van der Waals surface area contributed by atoms with Crippen molar-refractivity contribution in [1.29, 1.82) is 0 Å². The van der Waals surface area contributed by atoms with Crippen LogP contribution in [0.2, 0.25) is 5.02 Å². The molecule has 148 valence electrons. The summed E-state index contributed by atoms with van der Waals surface area (Å²) in [7, 11) is 0. The van der Waals surface area contributed by atoms with Crippen LogP contribution in [0.1, 0.15) is 22.8 Å². The van der Waals surface area contributed by atoms with E-state index in [0.717, 1.165) is 5.56 Å². The van der Waals surface area contributed by atoms with Crippen molar-refractivity contribution in [3.63, 3.8) is 0 Å². The van der Waals surface area contributed by atoms with Gasteiger partial charge in [-0.1, -0.05) is 17.7 Å². The smallest absolute Gasteiger partial charge is 0.277 e. The lowest BCUT2D eigenvalue weighted by Gasteiger charge is -2.11. The Morgan fingerprint density at radius 1 is 1.21 bits per heavy atom. The van der Waals surface area contributed by atoms with Gasteiger partial charge in [0, 0.05) is 16.7 Å². The number of halogens is 1. The summed E-state index contributed by atoms with van der Waals surface area (Å²) in [5, 5.41) is 3.89. The topological polar surface area (TPSA) is 67.8 Å². The largest absolute Gasteiger partial charge is 0.485 e. The minimum atomic E-state index is -0.241. The van der Waals surface area contributed by atoms with E-state index in [1.807, 2.05) is 25.1 Å². The summed E-state index contributed by atoms with van der Waals surface area (Å²) < 4.78 is 16.8. The number of hydrogen-bond donors (Lipinski definition) is 1. The number of nitrogens with zero attached hydrogens (tertiary/aromatic N) is 1. The van der Waals surface area contributed by atoms with Gasteiger partial charge in [-0.05, 0) is 55.5 Å². The van der Waals surface area contributed by atoms with Crippen LogP contribution in [0.15, 0.2) is 63.3 Å². The highest BCUT2D eigenvalue weighted by atomic mass is 35.5. The molecule has 0 aliphatic carbocycles. The van der Waals surface area contributed by atoms with Gasteiger partial charge in [-0.3, -0.25) is 9.69 Å². The van der Waals surface area contributed by atoms with Gasteiger partial charge in [0.15, 0.2) is 5.11 Å². The van der Waals surface area contributed by atoms with Gasteiger partial charge in [0.25, 0.3) is 5.91 Å². The lowest BCUT2D eigenvalue weighted by Crippen LogP contribution is -2.29. The van der Waals surface area contributed by atoms with Crippen LogP contribution < -0.4 is 10.1 Å². The fourth-order valence-corrected chi connectivity index (χ4v) is 3.28.